The fourth-order valence-corrected chi connectivity index (χ4v) is 2.76. The summed E-state index contributed by atoms with van der Waals surface area (Å²) >= 11 is 0. The number of rotatable bonds is 3. The first-order valence-corrected chi connectivity index (χ1v) is 6.56. The van der Waals surface area contributed by atoms with Crippen molar-refractivity contribution in [1.82, 2.24) is 9.55 Å². The van der Waals surface area contributed by atoms with Gasteiger partial charge in [-0.05, 0) is 25.0 Å². The van der Waals surface area contributed by atoms with E-state index < -0.39 is 5.60 Å². The monoisotopic (exact) mass is 245 g/mol. The molecule has 0 unspecified atom stereocenters. The molecule has 3 rings (SSSR count). The van der Waals surface area contributed by atoms with Gasteiger partial charge in [0.2, 0.25) is 5.95 Å². The van der Waals surface area contributed by atoms with Gasteiger partial charge >= 0.3 is 0 Å². The normalized spacial score (nSPS) is 18.3. The molecule has 2 aromatic rings. The van der Waals surface area contributed by atoms with Crippen LogP contribution < -0.4 is 5.32 Å². The molecule has 1 fully saturated rings. The second kappa shape index (κ2) is 4.28. The van der Waals surface area contributed by atoms with Gasteiger partial charge < -0.3 is 15.0 Å². The van der Waals surface area contributed by atoms with Crippen LogP contribution in [0, 0.1) is 0 Å². The van der Waals surface area contributed by atoms with Crippen LogP contribution in [-0.4, -0.2) is 26.8 Å². The molecular formula is C14H19N3O. The van der Waals surface area contributed by atoms with E-state index in [0.29, 0.717) is 6.54 Å². The number of benzene rings is 1. The highest BCUT2D eigenvalue weighted by Gasteiger charge is 2.31. The Morgan fingerprint density at radius 3 is 2.78 bits per heavy atom. The van der Waals surface area contributed by atoms with Gasteiger partial charge in [0.15, 0.2) is 0 Å². The van der Waals surface area contributed by atoms with Gasteiger partial charge in [-0.15, -0.1) is 0 Å². The van der Waals surface area contributed by atoms with Crippen molar-refractivity contribution in [3.63, 3.8) is 0 Å². The molecule has 0 aliphatic heterocycles. The Hall–Kier alpha value is -1.55. The lowest BCUT2D eigenvalue weighted by Gasteiger charge is -2.22. The average Bonchev–Trinajstić information content (AvgIpc) is 2.93. The van der Waals surface area contributed by atoms with Gasteiger partial charge in [0.1, 0.15) is 0 Å². The molecule has 0 radical (unpaired) electrons. The highest BCUT2D eigenvalue weighted by Crippen LogP contribution is 2.29. The highest BCUT2D eigenvalue weighted by molar-refractivity contribution is 5.78. The van der Waals surface area contributed by atoms with Crippen molar-refractivity contribution < 1.29 is 5.11 Å². The van der Waals surface area contributed by atoms with Gasteiger partial charge in [0, 0.05) is 13.6 Å². The van der Waals surface area contributed by atoms with Crippen molar-refractivity contribution in [1.29, 1.82) is 0 Å². The van der Waals surface area contributed by atoms with E-state index in [0.717, 1.165) is 42.7 Å². The molecule has 4 nitrogen and oxygen atoms in total. The van der Waals surface area contributed by atoms with Crippen molar-refractivity contribution in [2.75, 3.05) is 11.9 Å². The van der Waals surface area contributed by atoms with E-state index >= 15 is 0 Å². The summed E-state index contributed by atoms with van der Waals surface area (Å²) in [5.74, 6) is 0.830. The first kappa shape index (κ1) is 11.5. The lowest BCUT2D eigenvalue weighted by molar-refractivity contribution is 0.0612. The SMILES string of the molecule is Cn1c(NCC2(O)CCCC2)nc2ccccc21. The van der Waals surface area contributed by atoms with E-state index in [4.69, 9.17) is 0 Å². The quantitative estimate of drug-likeness (QED) is 0.872. The summed E-state index contributed by atoms with van der Waals surface area (Å²) in [6, 6.07) is 8.06. The molecule has 1 aliphatic carbocycles. The van der Waals surface area contributed by atoms with Gasteiger partial charge in [-0.1, -0.05) is 25.0 Å². The lowest BCUT2D eigenvalue weighted by atomic mass is 10.0. The van der Waals surface area contributed by atoms with Crippen LogP contribution in [0.2, 0.25) is 0 Å². The standard InChI is InChI=1S/C14H19N3O/c1-17-12-7-3-2-6-11(12)16-13(17)15-10-14(18)8-4-5-9-14/h2-3,6-7,18H,4-5,8-10H2,1H3,(H,15,16). The molecule has 96 valence electrons. The van der Waals surface area contributed by atoms with Crippen molar-refractivity contribution >= 4 is 17.0 Å². The maximum atomic E-state index is 10.3. The molecule has 1 aliphatic rings. The fourth-order valence-electron chi connectivity index (χ4n) is 2.76. The zero-order valence-corrected chi connectivity index (χ0v) is 10.7. The molecule has 1 saturated carbocycles. The minimum atomic E-state index is -0.544. The van der Waals surface area contributed by atoms with E-state index in [-0.39, 0.29) is 0 Å². The molecule has 4 heteroatoms. The number of nitrogens with zero attached hydrogens (tertiary/aromatic N) is 2. The first-order valence-electron chi connectivity index (χ1n) is 6.56. The largest absolute Gasteiger partial charge is 0.388 e. The average molecular weight is 245 g/mol. The van der Waals surface area contributed by atoms with Crippen molar-refractivity contribution in [3.05, 3.63) is 24.3 Å². The zero-order chi connectivity index (χ0) is 12.6. The van der Waals surface area contributed by atoms with E-state index in [2.05, 4.69) is 16.4 Å². The Morgan fingerprint density at radius 2 is 2.06 bits per heavy atom. The van der Waals surface area contributed by atoms with Crippen LogP contribution in [0.5, 0.6) is 0 Å². The Balaban J connectivity index is 1.80. The number of aryl methyl sites for hydroxylation is 1. The van der Waals surface area contributed by atoms with Crippen molar-refractivity contribution in [2.45, 2.75) is 31.3 Å². The summed E-state index contributed by atoms with van der Waals surface area (Å²) < 4.78 is 2.04. The maximum absolute atomic E-state index is 10.3. The summed E-state index contributed by atoms with van der Waals surface area (Å²) in [7, 11) is 2.00. The molecule has 1 aromatic carbocycles. The smallest absolute Gasteiger partial charge is 0.203 e. The topological polar surface area (TPSA) is 50.1 Å². The van der Waals surface area contributed by atoms with E-state index in [1.54, 1.807) is 0 Å². The minimum Gasteiger partial charge on any atom is -0.388 e. The lowest BCUT2D eigenvalue weighted by Crippen LogP contribution is -2.34. The Morgan fingerprint density at radius 1 is 1.33 bits per heavy atom. The van der Waals surface area contributed by atoms with E-state index in [9.17, 15) is 5.11 Å². The Labute approximate surface area is 107 Å². The van der Waals surface area contributed by atoms with Gasteiger partial charge in [-0.3, -0.25) is 0 Å². The van der Waals surface area contributed by atoms with Crippen LogP contribution in [-0.2, 0) is 7.05 Å². The van der Waals surface area contributed by atoms with Gasteiger partial charge in [-0.25, -0.2) is 4.98 Å². The first-order chi connectivity index (χ1) is 8.68. The van der Waals surface area contributed by atoms with Crippen LogP contribution in [0.25, 0.3) is 11.0 Å². The van der Waals surface area contributed by atoms with Gasteiger partial charge in [-0.2, -0.15) is 0 Å². The third-order valence-electron chi connectivity index (χ3n) is 3.90. The molecular weight excluding hydrogens is 226 g/mol. The van der Waals surface area contributed by atoms with Crippen LogP contribution in [0.1, 0.15) is 25.7 Å². The fraction of sp³-hybridized carbons (Fsp3) is 0.500. The molecule has 2 N–H and O–H groups in total. The second-order valence-electron chi connectivity index (χ2n) is 5.27. The third-order valence-corrected chi connectivity index (χ3v) is 3.90. The number of nitrogens with one attached hydrogen (secondary N) is 1. The maximum Gasteiger partial charge on any atom is 0.203 e. The highest BCUT2D eigenvalue weighted by atomic mass is 16.3. The molecule has 0 bridgehead atoms. The summed E-state index contributed by atoms with van der Waals surface area (Å²) in [5.41, 5.74) is 1.55. The Bertz CT molecular complexity index is 555. The number of aliphatic hydroxyl groups is 1. The van der Waals surface area contributed by atoms with Crippen molar-refractivity contribution in [2.24, 2.45) is 7.05 Å². The zero-order valence-electron chi connectivity index (χ0n) is 10.7. The number of imidazole rings is 1. The minimum absolute atomic E-state index is 0.544. The molecule has 0 spiro atoms. The number of fused-ring (bicyclic) bond motifs is 1. The number of aromatic nitrogens is 2. The number of hydrogen-bond acceptors (Lipinski definition) is 3. The van der Waals surface area contributed by atoms with Crippen LogP contribution in [0.15, 0.2) is 24.3 Å². The van der Waals surface area contributed by atoms with Crippen molar-refractivity contribution in [3.8, 4) is 0 Å². The van der Waals surface area contributed by atoms with Crippen LogP contribution >= 0.6 is 0 Å². The molecule has 0 atom stereocenters. The predicted molar refractivity (Wildman–Crippen MR) is 72.6 cm³/mol. The molecule has 1 aromatic heterocycles. The summed E-state index contributed by atoms with van der Waals surface area (Å²) in [5, 5.41) is 13.6. The van der Waals surface area contributed by atoms with Gasteiger partial charge in [0.05, 0.1) is 16.6 Å². The molecule has 1 heterocycles. The summed E-state index contributed by atoms with van der Waals surface area (Å²) in [4.78, 5) is 4.55. The molecule has 0 amide bonds. The third kappa shape index (κ3) is 1.97. The number of hydrogen-bond donors (Lipinski definition) is 2. The van der Waals surface area contributed by atoms with E-state index in [1.165, 1.54) is 0 Å². The van der Waals surface area contributed by atoms with Crippen LogP contribution in [0.4, 0.5) is 5.95 Å². The number of anilines is 1. The number of para-hydroxylation sites is 2. The summed E-state index contributed by atoms with van der Waals surface area (Å²) in [6.45, 7) is 0.587. The second-order valence-corrected chi connectivity index (χ2v) is 5.27. The molecule has 0 saturated heterocycles. The predicted octanol–water partition coefficient (Wildman–Crippen LogP) is 2.29. The van der Waals surface area contributed by atoms with Gasteiger partial charge in [0.25, 0.3) is 0 Å². The summed E-state index contributed by atoms with van der Waals surface area (Å²) in [6.07, 6.45) is 4.04. The van der Waals surface area contributed by atoms with Crippen LogP contribution in [0.3, 0.4) is 0 Å². The molecule has 18 heavy (non-hydrogen) atoms. The Kier molecular flexibility index (Phi) is 2.74. The van der Waals surface area contributed by atoms with E-state index in [1.807, 2.05) is 29.8 Å².